The van der Waals surface area contributed by atoms with E-state index in [0.717, 1.165) is 18.7 Å². The highest BCUT2D eigenvalue weighted by Gasteiger charge is 2.20. The van der Waals surface area contributed by atoms with Crippen molar-refractivity contribution >= 4 is 6.03 Å². The Bertz CT molecular complexity index is 467. The first-order valence-electron chi connectivity index (χ1n) is 8.62. The molecule has 1 aliphatic rings. The van der Waals surface area contributed by atoms with E-state index >= 15 is 0 Å². The van der Waals surface area contributed by atoms with Crippen LogP contribution in [-0.2, 0) is 6.54 Å². The quantitative estimate of drug-likeness (QED) is 0.807. The van der Waals surface area contributed by atoms with Gasteiger partial charge in [0.15, 0.2) is 0 Å². The lowest BCUT2D eigenvalue weighted by atomic mass is 9.98. The molecule has 23 heavy (non-hydrogen) atoms. The molecule has 1 aromatic carbocycles. The molecule has 1 atom stereocenters. The number of hydrogen-bond donors (Lipinski definition) is 2. The van der Waals surface area contributed by atoms with Gasteiger partial charge in [0.2, 0.25) is 0 Å². The van der Waals surface area contributed by atoms with Crippen LogP contribution in [0.3, 0.4) is 0 Å². The Labute approximate surface area is 139 Å². The average Bonchev–Trinajstić information content (AvgIpc) is 2.60. The summed E-state index contributed by atoms with van der Waals surface area (Å²) < 4.78 is 0. The standard InChI is InChI=1S/C18H29N3O2/c1-2-20-10-6-9-17(14-20)13-19-18(23)21(11-12-22)15-16-7-4-3-5-8-16/h3-5,7-8,17,22H,2,6,9-15H2,1H3,(H,19,23). The lowest BCUT2D eigenvalue weighted by Crippen LogP contribution is -2.45. The number of aliphatic hydroxyl groups is 1. The monoisotopic (exact) mass is 319 g/mol. The minimum atomic E-state index is -0.0866. The highest BCUT2D eigenvalue weighted by molar-refractivity contribution is 5.74. The van der Waals surface area contributed by atoms with Crippen LogP contribution < -0.4 is 5.32 Å². The van der Waals surface area contributed by atoms with Crippen LogP contribution >= 0.6 is 0 Å². The molecule has 1 aliphatic heterocycles. The first-order chi connectivity index (χ1) is 11.2. The molecule has 5 nitrogen and oxygen atoms in total. The number of nitrogens with one attached hydrogen (secondary N) is 1. The third-order valence-electron chi connectivity index (χ3n) is 4.47. The molecule has 1 saturated heterocycles. The van der Waals surface area contributed by atoms with Crippen molar-refractivity contribution in [1.82, 2.24) is 15.1 Å². The maximum absolute atomic E-state index is 12.4. The summed E-state index contributed by atoms with van der Waals surface area (Å²) in [6.45, 7) is 7.07. The number of amides is 2. The summed E-state index contributed by atoms with van der Waals surface area (Å²) in [4.78, 5) is 16.5. The van der Waals surface area contributed by atoms with E-state index in [-0.39, 0.29) is 12.6 Å². The Kier molecular flexibility index (Phi) is 7.36. The van der Waals surface area contributed by atoms with Crippen molar-refractivity contribution < 1.29 is 9.90 Å². The number of hydrogen-bond acceptors (Lipinski definition) is 3. The second-order valence-electron chi connectivity index (χ2n) is 6.22. The van der Waals surface area contributed by atoms with E-state index in [1.807, 2.05) is 30.3 Å². The van der Waals surface area contributed by atoms with E-state index in [2.05, 4.69) is 17.1 Å². The molecule has 0 spiro atoms. The van der Waals surface area contributed by atoms with Crippen molar-refractivity contribution in [2.45, 2.75) is 26.3 Å². The fraction of sp³-hybridized carbons (Fsp3) is 0.611. The maximum atomic E-state index is 12.4. The SMILES string of the molecule is CCN1CCCC(CNC(=O)N(CCO)Cc2ccccc2)C1. The van der Waals surface area contributed by atoms with Gasteiger partial charge < -0.3 is 20.2 Å². The number of urea groups is 1. The predicted molar refractivity (Wildman–Crippen MR) is 92.2 cm³/mol. The van der Waals surface area contributed by atoms with E-state index in [1.54, 1.807) is 4.90 Å². The van der Waals surface area contributed by atoms with Gasteiger partial charge in [0.25, 0.3) is 0 Å². The zero-order chi connectivity index (χ0) is 16.5. The van der Waals surface area contributed by atoms with Gasteiger partial charge in [-0.2, -0.15) is 0 Å². The number of benzene rings is 1. The number of piperidine rings is 1. The van der Waals surface area contributed by atoms with Crippen LogP contribution in [0.1, 0.15) is 25.3 Å². The Morgan fingerprint density at radius 3 is 2.87 bits per heavy atom. The normalized spacial score (nSPS) is 18.6. The fourth-order valence-corrected chi connectivity index (χ4v) is 3.13. The number of carbonyl (C=O) groups excluding carboxylic acids is 1. The lowest BCUT2D eigenvalue weighted by Gasteiger charge is -2.32. The van der Waals surface area contributed by atoms with Crippen LogP contribution in [0.2, 0.25) is 0 Å². The summed E-state index contributed by atoms with van der Waals surface area (Å²) >= 11 is 0. The molecular formula is C18H29N3O2. The van der Waals surface area contributed by atoms with Crippen LogP contribution in [0.25, 0.3) is 0 Å². The van der Waals surface area contributed by atoms with Crippen LogP contribution in [0.5, 0.6) is 0 Å². The van der Waals surface area contributed by atoms with Crippen molar-refractivity contribution in [2.75, 3.05) is 39.3 Å². The number of likely N-dealkylation sites (tertiary alicyclic amines) is 1. The Hall–Kier alpha value is -1.59. The van der Waals surface area contributed by atoms with E-state index in [9.17, 15) is 9.90 Å². The van der Waals surface area contributed by atoms with Gasteiger partial charge in [0.05, 0.1) is 6.61 Å². The molecule has 128 valence electrons. The first kappa shape index (κ1) is 17.8. The Morgan fingerprint density at radius 1 is 1.39 bits per heavy atom. The zero-order valence-electron chi connectivity index (χ0n) is 14.1. The van der Waals surface area contributed by atoms with Crippen molar-refractivity contribution in [3.63, 3.8) is 0 Å². The fourth-order valence-electron chi connectivity index (χ4n) is 3.13. The number of carbonyl (C=O) groups is 1. The third kappa shape index (κ3) is 5.84. The maximum Gasteiger partial charge on any atom is 0.317 e. The molecule has 0 saturated carbocycles. The van der Waals surface area contributed by atoms with Gasteiger partial charge in [-0.1, -0.05) is 37.3 Å². The Morgan fingerprint density at radius 2 is 2.17 bits per heavy atom. The lowest BCUT2D eigenvalue weighted by molar-refractivity contribution is 0.160. The summed E-state index contributed by atoms with van der Waals surface area (Å²) in [7, 11) is 0. The molecule has 1 unspecified atom stereocenters. The van der Waals surface area contributed by atoms with E-state index in [0.29, 0.717) is 25.6 Å². The third-order valence-corrected chi connectivity index (χ3v) is 4.47. The second-order valence-corrected chi connectivity index (χ2v) is 6.22. The molecular weight excluding hydrogens is 290 g/mol. The smallest absolute Gasteiger partial charge is 0.317 e. The largest absolute Gasteiger partial charge is 0.395 e. The van der Waals surface area contributed by atoms with Gasteiger partial charge in [0.1, 0.15) is 0 Å². The second kappa shape index (κ2) is 9.53. The van der Waals surface area contributed by atoms with Crippen LogP contribution in [0.4, 0.5) is 4.79 Å². The van der Waals surface area contributed by atoms with Gasteiger partial charge in [-0.3, -0.25) is 0 Å². The zero-order valence-corrected chi connectivity index (χ0v) is 14.1. The van der Waals surface area contributed by atoms with Crippen molar-refractivity contribution in [2.24, 2.45) is 5.92 Å². The minimum Gasteiger partial charge on any atom is -0.395 e. The molecule has 0 aromatic heterocycles. The molecule has 2 N–H and O–H groups in total. The number of nitrogens with zero attached hydrogens (tertiary/aromatic N) is 2. The van der Waals surface area contributed by atoms with Crippen LogP contribution in [-0.4, -0.2) is 60.3 Å². The number of rotatable bonds is 7. The van der Waals surface area contributed by atoms with Crippen molar-refractivity contribution in [3.05, 3.63) is 35.9 Å². The summed E-state index contributed by atoms with van der Waals surface area (Å²) in [6.07, 6.45) is 2.38. The average molecular weight is 319 g/mol. The molecule has 1 fully saturated rings. The van der Waals surface area contributed by atoms with Crippen LogP contribution in [0, 0.1) is 5.92 Å². The van der Waals surface area contributed by atoms with Gasteiger partial charge in [0, 0.05) is 26.2 Å². The highest BCUT2D eigenvalue weighted by Crippen LogP contribution is 2.15. The highest BCUT2D eigenvalue weighted by atomic mass is 16.3. The van der Waals surface area contributed by atoms with Crippen molar-refractivity contribution in [1.29, 1.82) is 0 Å². The first-order valence-corrected chi connectivity index (χ1v) is 8.62. The summed E-state index contributed by atoms with van der Waals surface area (Å²) in [5.74, 6) is 0.528. The van der Waals surface area contributed by atoms with Crippen LogP contribution in [0.15, 0.2) is 30.3 Å². The molecule has 2 rings (SSSR count). The topological polar surface area (TPSA) is 55.8 Å². The molecule has 2 amide bonds. The molecule has 1 heterocycles. The summed E-state index contributed by atoms with van der Waals surface area (Å²) in [6, 6.07) is 9.80. The summed E-state index contributed by atoms with van der Waals surface area (Å²) in [5, 5.41) is 12.3. The molecule has 0 aliphatic carbocycles. The van der Waals surface area contributed by atoms with Gasteiger partial charge >= 0.3 is 6.03 Å². The van der Waals surface area contributed by atoms with E-state index < -0.39 is 0 Å². The minimum absolute atomic E-state index is 0.0205. The van der Waals surface area contributed by atoms with Crippen molar-refractivity contribution in [3.8, 4) is 0 Å². The molecule has 1 aromatic rings. The summed E-state index contributed by atoms with van der Waals surface area (Å²) in [5.41, 5.74) is 1.07. The van der Waals surface area contributed by atoms with E-state index in [1.165, 1.54) is 19.4 Å². The Balaban J connectivity index is 1.83. The van der Waals surface area contributed by atoms with Gasteiger partial charge in [-0.25, -0.2) is 4.79 Å². The molecule has 0 bridgehead atoms. The number of aliphatic hydroxyl groups excluding tert-OH is 1. The molecule has 0 radical (unpaired) electrons. The van der Waals surface area contributed by atoms with Gasteiger partial charge in [-0.05, 0) is 37.4 Å². The van der Waals surface area contributed by atoms with E-state index in [4.69, 9.17) is 0 Å². The predicted octanol–water partition coefficient (Wildman–Crippen LogP) is 1.92. The molecule has 5 heteroatoms. The van der Waals surface area contributed by atoms with Gasteiger partial charge in [-0.15, -0.1) is 0 Å².